The SMILES string of the molecule is COCC(C)n1cc(C)nc1Nc1ccc(F)c(OC)c1. The molecule has 2 aromatic rings. The summed E-state index contributed by atoms with van der Waals surface area (Å²) in [7, 11) is 3.10. The van der Waals surface area contributed by atoms with Crippen molar-refractivity contribution in [2.45, 2.75) is 19.9 Å². The summed E-state index contributed by atoms with van der Waals surface area (Å²) in [6.07, 6.45) is 1.95. The van der Waals surface area contributed by atoms with Gasteiger partial charge in [0.2, 0.25) is 5.95 Å². The molecule has 0 saturated carbocycles. The maximum Gasteiger partial charge on any atom is 0.207 e. The first kappa shape index (κ1) is 15.3. The maximum atomic E-state index is 13.4. The first-order valence-corrected chi connectivity index (χ1v) is 6.70. The summed E-state index contributed by atoms with van der Waals surface area (Å²) in [5, 5.41) is 3.18. The predicted molar refractivity (Wildman–Crippen MR) is 79.8 cm³/mol. The molecule has 0 bridgehead atoms. The van der Waals surface area contributed by atoms with Crippen LogP contribution in [0.15, 0.2) is 24.4 Å². The van der Waals surface area contributed by atoms with E-state index in [9.17, 15) is 4.39 Å². The Kier molecular flexibility index (Phi) is 4.80. The topological polar surface area (TPSA) is 48.3 Å². The van der Waals surface area contributed by atoms with E-state index in [1.165, 1.54) is 13.2 Å². The number of halogens is 1. The van der Waals surface area contributed by atoms with Gasteiger partial charge in [-0.3, -0.25) is 0 Å². The fourth-order valence-corrected chi connectivity index (χ4v) is 2.13. The maximum absolute atomic E-state index is 13.4. The molecule has 0 radical (unpaired) electrons. The van der Waals surface area contributed by atoms with Crippen LogP contribution in [0.1, 0.15) is 18.7 Å². The number of methoxy groups -OCH3 is 2. The van der Waals surface area contributed by atoms with Gasteiger partial charge in [-0.15, -0.1) is 0 Å². The standard InChI is InChI=1S/C15H20FN3O2/c1-10-8-19(11(2)9-20-3)15(17-10)18-12-5-6-13(16)14(7-12)21-4/h5-8,11H,9H2,1-4H3,(H,17,18). The Labute approximate surface area is 123 Å². The van der Waals surface area contributed by atoms with Gasteiger partial charge in [-0.05, 0) is 26.0 Å². The second-order valence-electron chi connectivity index (χ2n) is 4.89. The van der Waals surface area contributed by atoms with Crippen LogP contribution in [-0.2, 0) is 4.74 Å². The van der Waals surface area contributed by atoms with Crippen LogP contribution in [0.5, 0.6) is 5.75 Å². The molecule has 21 heavy (non-hydrogen) atoms. The largest absolute Gasteiger partial charge is 0.494 e. The van der Waals surface area contributed by atoms with Crippen molar-refractivity contribution in [2.75, 3.05) is 26.1 Å². The molecular weight excluding hydrogens is 273 g/mol. The summed E-state index contributed by atoms with van der Waals surface area (Å²) >= 11 is 0. The lowest BCUT2D eigenvalue weighted by Gasteiger charge is -2.16. The number of benzene rings is 1. The van der Waals surface area contributed by atoms with Crippen LogP contribution in [0, 0.1) is 12.7 Å². The molecule has 1 N–H and O–H groups in total. The molecule has 0 aliphatic rings. The molecule has 0 saturated heterocycles. The van der Waals surface area contributed by atoms with Crippen LogP contribution in [-0.4, -0.2) is 30.4 Å². The van der Waals surface area contributed by atoms with Crippen molar-refractivity contribution in [3.05, 3.63) is 35.9 Å². The van der Waals surface area contributed by atoms with E-state index in [1.54, 1.807) is 19.2 Å². The highest BCUT2D eigenvalue weighted by Crippen LogP contribution is 2.25. The lowest BCUT2D eigenvalue weighted by atomic mass is 10.3. The molecule has 6 heteroatoms. The molecule has 2 rings (SSSR count). The monoisotopic (exact) mass is 293 g/mol. The number of hydrogen-bond acceptors (Lipinski definition) is 4. The van der Waals surface area contributed by atoms with Crippen molar-refractivity contribution in [2.24, 2.45) is 0 Å². The summed E-state index contributed by atoms with van der Waals surface area (Å²) in [5.41, 5.74) is 1.61. The zero-order valence-corrected chi connectivity index (χ0v) is 12.7. The number of hydrogen-bond donors (Lipinski definition) is 1. The van der Waals surface area contributed by atoms with Crippen molar-refractivity contribution in [3.63, 3.8) is 0 Å². The van der Waals surface area contributed by atoms with Gasteiger partial charge in [0.1, 0.15) is 0 Å². The fourth-order valence-electron chi connectivity index (χ4n) is 2.13. The second-order valence-corrected chi connectivity index (χ2v) is 4.89. The quantitative estimate of drug-likeness (QED) is 0.888. The van der Waals surface area contributed by atoms with Gasteiger partial charge in [0.15, 0.2) is 11.6 Å². The Morgan fingerprint density at radius 1 is 1.38 bits per heavy atom. The minimum absolute atomic E-state index is 0.140. The first-order chi connectivity index (χ1) is 10.0. The molecule has 1 atom stereocenters. The molecule has 114 valence electrons. The third-order valence-electron chi connectivity index (χ3n) is 3.14. The summed E-state index contributed by atoms with van der Waals surface area (Å²) in [6, 6.07) is 4.75. The molecule has 0 fully saturated rings. The average Bonchev–Trinajstić information content (AvgIpc) is 2.82. The van der Waals surface area contributed by atoms with Gasteiger partial charge < -0.3 is 19.4 Å². The molecule has 1 aromatic carbocycles. The lowest BCUT2D eigenvalue weighted by Crippen LogP contribution is -2.12. The molecule has 0 amide bonds. The van der Waals surface area contributed by atoms with Crippen molar-refractivity contribution >= 4 is 11.6 Å². The highest BCUT2D eigenvalue weighted by atomic mass is 19.1. The molecule has 1 unspecified atom stereocenters. The van der Waals surface area contributed by atoms with E-state index in [1.807, 2.05) is 24.6 Å². The van der Waals surface area contributed by atoms with Crippen LogP contribution >= 0.6 is 0 Å². The number of rotatable bonds is 6. The van der Waals surface area contributed by atoms with Crippen molar-refractivity contribution < 1.29 is 13.9 Å². The van der Waals surface area contributed by atoms with Crippen molar-refractivity contribution in [3.8, 4) is 5.75 Å². The van der Waals surface area contributed by atoms with E-state index in [0.717, 1.165) is 5.69 Å². The Balaban J connectivity index is 2.27. The van der Waals surface area contributed by atoms with Crippen molar-refractivity contribution in [1.82, 2.24) is 9.55 Å². The van der Waals surface area contributed by atoms with E-state index in [-0.39, 0.29) is 11.8 Å². The number of nitrogens with one attached hydrogen (secondary N) is 1. The third kappa shape index (κ3) is 3.52. The van der Waals surface area contributed by atoms with Crippen LogP contribution in [0.2, 0.25) is 0 Å². The van der Waals surface area contributed by atoms with Gasteiger partial charge in [-0.2, -0.15) is 0 Å². The Bertz CT molecular complexity index is 613. The Morgan fingerprint density at radius 3 is 2.81 bits per heavy atom. The number of imidazole rings is 1. The number of aromatic nitrogens is 2. The smallest absolute Gasteiger partial charge is 0.207 e. The number of ether oxygens (including phenoxy) is 2. The molecule has 0 aliphatic carbocycles. The molecule has 1 heterocycles. The average molecular weight is 293 g/mol. The van der Waals surface area contributed by atoms with E-state index < -0.39 is 5.82 Å². The molecule has 0 spiro atoms. The zero-order chi connectivity index (χ0) is 15.4. The van der Waals surface area contributed by atoms with E-state index >= 15 is 0 Å². The van der Waals surface area contributed by atoms with Crippen LogP contribution < -0.4 is 10.1 Å². The summed E-state index contributed by atoms with van der Waals surface area (Å²) in [4.78, 5) is 4.45. The van der Waals surface area contributed by atoms with Crippen LogP contribution in [0.4, 0.5) is 16.0 Å². The van der Waals surface area contributed by atoms with Crippen molar-refractivity contribution in [1.29, 1.82) is 0 Å². The van der Waals surface area contributed by atoms with Gasteiger partial charge in [0.05, 0.1) is 25.5 Å². The fraction of sp³-hybridized carbons (Fsp3) is 0.400. The molecule has 0 aliphatic heterocycles. The zero-order valence-electron chi connectivity index (χ0n) is 12.7. The second kappa shape index (κ2) is 6.58. The minimum atomic E-state index is -0.393. The first-order valence-electron chi connectivity index (χ1n) is 6.70. The number of aryl methyl sites for hydroxylation is 1. The van der Waals surface area contributed by atoms with E-state index in [2.05, 4.69) is 10.3 Å². The van der Waals surface area contributed by atoms with Gasteiger partial charge in [-0.25, -0.2) is 9.37 Å². The summed E-state index contributed by atoms with van der Waals surface area (Å²) in [6.45, 7) is 4.55. The minimum Gasteiger partial charge on any atom is -0.494 e. The number of nitrogens with zero attached hydrogens (tertiary/aromatic N) is 2. The van der Waals surface area contributed by atoms with Crippen LogP contribution in [0.25, 0.3) is 0 Å². The van der Waals surface area contributed by atoms with Gasteiger partial charge in [-0.1, -0.05) is 0 Å². The van der Waals surface area contributed by atoms with E-state index in [0.29, 0.717) is 18.2 Å². The Hall–Kier alpha value is -2.08. The number of anilines is 2. The molecular formula is C15H20FN3O2. The summed E-state index contributed by atoms with van der Waals surface area (Å²) in [5.74, 6) is 0.487. The Morgan fingerprint density at radius 2 is 2.14 bits per heavy atom. The van der Waals surface area contributed by atoms with Crippen LogP contribution in [0.3, 0.4) is 0 Å². The van der Waals surface area contributed by atoms with Gasteiger partial charge in [0, 0.05) is 25.1 Å². The van der Waals surface area contributed by atoms with Gasteiger partial charge in [0.25, 0.3) is 0 Å². The molecule has 1 aromatic heterocycles. The predicted octanol–water partition coefficient (Wildman–Crippen LogP) is 3.29. The van der Waals surface area contributed by atoms with Gasteiger partial charge >= 0.3 is 0 Å². The lowest BCUT2D eigenvalue weighted by molar-refractivity contribution is 0.163. The summed E-state index contributed by atoms with van der Waals surface area (Å²) < 4.78 is 25.6. The molecule has 5 nitrogen and oxygen atoms in total. The third-order valence-corrected chi connectivity index (χ3v) is 3.14. The van der Waals surface area contributed by atoms with E-state index in [4.69, 9.17) is 9.47 Å². The normalized spacial score (nSPS) is 12.2. The highest BCUT2D eigenvalue weighted by molar-refractivity contribution is 5.57. The highest BCUT2D eigenvalue weighted by Gasteiger charge is 2.13.